The van der Waals surface area contributed by atoms with Crippen LogP contribution in [0, 0.1) is 6.92 Å². The van der Waals surface area contributed by atoms with Gasteiger partial charge in [-0.25, -0.2) is 10.1 Å². The van der Waals surface area contributed by atoms with Crippen molar-refractivity contribution in [2.75, 3.05) is 0 Å². The molecule has 5 heteroatoms. The number of aliphatic hydroxyl groups excluding tert-OH is 1. The normalized spacial score (nSPS) is 12.9. The summed E-state index contributed by atoms with van der Waals surface area (Å²) >= 11 is 0. The van der Waals surface area contributed by atoms with Gasteiger partial charge in [0.1, 0.15) is 5.60 Å². The fourth-order valence-corrected chi connectivity index (χ4v) is 1.99. The number of ether oxygens (including phenoxy) is 1. The average Bonchev–Trinajstić information content (AvgIpc) is 2.26. The van der Waals surface area contributed by atoms with Gasteiger partial charge in [-0.05, 0) is 39.8 Å². The van der Waals surface area contributed by atoms with E-state index < -0.39 is 17.7 Å². The maximum atomic E-state index is 12.1. The van der Waals surface area contributed by atoms with Crippen molar-refractivity contribution >= 4 is 5.97 Å². The summed E-state index contributed by atoms with van der Waals surface area (Å²) in [6, 6.07) is 4.74. The van der Waals surface area contributed by atoms with E-state index in [1.165, 1.54) is 0 Å². The first-order valence-electron chi connectivity index (χ1n) is 6.09. The Bertz CT molecular complexity index is 451. The number of carbonyl (C=O) groups excluding carboxylic acids is 1. The Hall–Kier alpha value is -1.59. The van der Waals surface area contributed by atoms with E-state index in [1.54, 1.807) is 45.9 Å². The first-order valence-corrected chi connectivity index (χ1v) is 6.09. The molecule has 0 spiro atoms. The number of benzene rings is 1. The zero-order valence-electron chi connectivity index (χ0n) is 11.6. The van der Waals surface area contributed by atoms with Crippen molar-refractivity contribution in [2.24, 2.45) is 0 Å². The van der Waals surface area contributed by atoms with Gasteiger partial charge in [0, 0.05) is 12.0 Å². The minimum Gasteiger partial charge on any atom is -0.456 e. The van der Waals surface area contributed by atoms with Crippen LogP contribution in [0.4, 0.5) is 0 Å². The molecule has 0 aliphatic heterocycles. The van der Waals surface area contributed by atoms with Gasteiger partial charge in [-0.1, -0.05) is 6.07 Å². The molecule has 0 aliphatic carbocycles. The van der Waals surface area contributed by atoms with E-state index in [1.807, 2.05) is 0 Å². The van der Waals surface area contributed by atoms with E-state index >= 15 is 0 Å². The first-order chi connectivity index (χ1) is 8.76. The number of esters is 1. The summed E-state index contributed by atoms with van der Waals surface area (Å²) in [5.41, 5.74) is 0.0568. The molecule has 2 N–H and O–H groups in total. The minimum atomic E-state index is -0.770. The van der Waals surface area contributed by atoms with Gasteiger partial charge in [0.25, 0.3) is 0 Å². The summed E-state index contributed by atoms with van der Waals surface area (Å²) in [6.07, 6.45) is -0.218. The topological polar surface area (TPSA) is 76.0 Å². The molecule has 0 aliphatic rings. The third-order valence-electron chi connectivity index (χ3n) is 2.76. The molecule has 0 saturated carbocycles. The highest BCUT2D eigenvalue weighted by molar-refractivity contribution is 5.92. The SMILES string of the molecule is Cc1c(OO)cccc1C(=O)OC(C)(C)CC(C)O. The summed E-state index contributed by atoms with van der Waals surface area (Å²) in [4.78, 5) is 16.3. The van der Waals surface area contributed by atoms with Gasteiger partial charge in [-0.2, -0.15) is 0 Å². The maximum absolute atomic E-state index is 12.1. The van der Waals surface area contributed by atoms with E-state index in [-0.39, 0.29) is 5.75 Å². The molecule has 1 unspecified atom stereocenters. The molecule has 0 amide bonds. The minimum absolute atomic E-state index is 0.211. The molecular formula is C14H20O5. The second-order valence-corrected chi connectivity index (χ2v) is 5.22. The van der Waals surface area contributed by atoms with E-state index in [0.717, 1.165) is 0 Å². The van der Waals surface area contributed by atoms with Crippen LogP contribution >= 0.6 is 0 Å². The van der Waals surface area contributed by atoms with Gasteiger partial charge in [0.05, 0.1) is 11.7 Å². The Balaban J connectivity index is 2.90. The van der Waals surface area contributed by atoms with Crippen LogP contribution in [0.25, 0.3) is 0 Å². The van der Waals surface area contributed by atoms with Crippen LogP contribution in [-0.2, 0) is 4.74 Å². The average molecular weight is 268 g/mol. The molecule has 19 heavy (non-hydrogen) atoms. The first kappa shape index (κ1) is 15.5. The van der Waals surface area contributed by atoms with Gasteiger partial charge >= 0.3 is 5.97 Å². The summed E-state index contributed by atoms with van der Waals surface area (Å²) in [5, 5.41) is 18.1. The van der Waals surface area contributed by atoms with Crippen LogP contribution in [0.3, 0.4) is 0 Å². The summed E-state index contributed by atoms with van der Waals surface area (Å²) < 4.78 is 5.38. The lowest BCUT2D eigenvalue weighted by Crippen LogP contribution is -2.32. The molecule has 5 nitrogen and oxygen atoms in total. The van der Waals surface area contributed by atoms with Crippen LogP contribution in [-0.4, -0.2) is 28.0 Å². The summed E-state index contributed by atoms with van der Waals surface area (Å²) in [5.74, 6) is -0.301. The molecular weight excluding hydrogens is 248 g/mol. The monoisotopic (exact) mass is 268 g/mol. The summed E-state index contributed by atoms with van der Waals surface area (Å²) in [7, 11) is 0. The van der Waals surface area contributed by atoms with Crippen LogP contribution in [0.5, 0.6) is 5.75 Å². The van der Waals surface area contributed by atoms with Crippen molar-refractivity contribution < 1.29 is 24.8 Å². The second-order valence-electron chi connectivity index (χ2n) is 5.22. The predicted octanol–water partition coefficient (Wildman–Crippen LogP) is 2.55. The highest BCUT2D eigenvalue weighted by Gasteiger charge is 2.26. The van der Waals surface area contributed by atoms with Gasteiger partial charge in [0.15, 0.2) is 5.75 Å². The Morgan fingerprint density at radius 1 is 1.42 bits per heavy atom. The molecule has 0 heterocycles. The largest absolute Gasteiger partial charge is 0.456 e. The van der Waals surface area contributed by atoms with Crippen LogP contribution < -0.4 is 4.89 Å². The second kappa shape index (κ2) is 6.04. The molecule has 106 valence electrons. The highest BCUT2D eigenvalue weighted by atomic mass is 17.1. The quantitative estimate of drug-likeness (QED) is 0.487. The van der Waals surface area contributed by atoms with Crippen LogP contribution in [0.15, 0.2) is 18.2 Å². The van der Waals surface area contributed by atoms with E-state index in [0.29, 0.717) is 17.5 Å². The van der Waals surface area contributed by atoms with Gasteiger partial charge in [-0.15, -0.1) is 0 Å². The van der Waals surface area contributed by atoms with Crippen molar-refractivity contribution in [1.29, 1.82) is 0 Å². The number of aliphatic hydroxyl groups is 1. The molecule has 0 radical (unpaired) electrons. The third kappa shape index (κ3) is 4.22. The lowest BCUT2D eigenvalue weighted by Gasteiger charge is -2.26. The van der Waals surface area contributed by atoms with Crippen LogP contribution in [0.1, 0.15) is 43.1 Å². The van der Waals surface area contributed by atoms with Crippen molar-refractivity contribution in [2.45, 2.75) is 45.8 Å². The Morgan fingerprint density at radius 3 is 2.58 bits per heavy atom. The van der Waals surface area contributed by atoms with Gasteiger partial charge < -0.3 is 14.7 Å². The predicted molar refractivity (Wildman–Crippen MR) is 70.2 cm³/mol. The van der Waals surface area contributed by atoms with Crippen LogP contribution in [0.2, 0.25) is 0 Å². The van der Waals surface area contributed by atoms with E-state index in [4.69, 9.17) is 9.99 Å². The fraction of sp³-hybridized carbons (Fsp3) is 0.500. The molecule has 0 fully saturated rings. The fourth-order valence-electron chi connectivity index (χ4n) is 1.99. The number of rotatable bonds is 5. The lowest BCUT2D eigenvalue weighted by molar-refractivity contribution is -0.138. The van der Waals surface area contributed by atoms with Gasteiger partial charge in [-0.3, -0.25) is 0 Å². The zero-order valence-corrected chi connectivity index (χ0v) is 11.6. The summed E-state index contributed by atoms with van der Waals surface area (Å²) in [6.45, 7) is 6.77. The van der Waals surface area contributed by atoms with Gasteiger partial charge in [0.2, 0.25) is 0 Å². The highest BCUT2D eigenvalue weighted by Crippen LogP contribution is 2.24. The smallest absolute Gasteiger partial charge is 0.339 e. The van der Waals surface area contributed by atoms with Crippen molar-refractivity contribution in [3.05, 3.63) is 29.3 Å². The molecule has 1 rings (SSSR count). The molecule has 1 aromatic rings. The van der Waals surface area contributed by atoms with Crippen molar-refractivity contribution in [3.63, 3.8) is 0 Å². The Labute approximate surface area is 112 Å². The van der Waals surface area contributed by atoms with E-state index in [9.17, 15) is 9.90 Å². The molecule has 0 bridgehead atoms. The van der Waals surface area contributed by atoms with Crippen molar-refractivity contribution in [1.82, 2.24) is 0 Å². The third-order valence-corrected chi connectivity index (χ3v) is 2.76. The molecule has 0 aromatic heterocycles. The number of hydrogen-bond donors (Lipinski definition) is 2. The molecule has 0 saturated heterocycles. The Kier molecular flexibility index (Phi) is 4.91. The van der Waals surface area contributed by atoms with Crippen molar-refractivity contribution in [3.8, 4) is 5.75 Å². The number of hydrogen-bond acceptors (Lipinski definition) is 5. The number of carbonyl (C=O) groups is 1. The Morgan fingerprint density at radius 2 is 2.05 bits per heavy atom. The standard InChI is InChI=1S/C14H20O5/c1-9(15)8-14(3,4)18-13(16)11-6-5-7-12(19-17)10(11)2/h5-7,9,15,17H,8H2,1-4H3. The van der Waals surface area contributed by atoms with E-state index in [2.05, 4.69) is 4.89 Å². The maximum Gasteiger partial charge on any atom is 0.339 e. The molecule has 1 atom stereocenters. The lowest BCUT2D eigenvalue weighted by atomic mass is 10.0. The molecule has 1 aromatic carbocycles. The zero-order chi connectivity index (χ0) is 14.6.